The van der Waals surface area contributed by atoms with Crippen molar-refractivity contribution in [1.29, 1.82) is 0 Å². The van der Waals surface area contributed by atoms with Crippen molar-refractivity contribution in [1.82, 2.24) is 9.88 Å². The van der Waals surface area contributed by atoms with Gasteiger partial charge in [-0.1, -0.05) is 0 Å². The molecular weight excluding hydrogens is 222 g/mol. The molecule has 2 heterocycles. The summed E-state index contributed by atoms with van der Waals surface area (Å²) in [7, 11) is 2.06. The third kappa shape index (κ3) is 2.91. The highest BCUT2D eigenvalue weighted by molar-refractivity contribution is 7.09. The molecule has 0 aliphatic heterocycles. The van der Waals surface area contributed by atoms with Gasteiger partial charge in [-0.2, -0.15) is 0 Å². The molecule has 86 valence electrons. The standard InChI is InChI=1S/C11H15N3OS/c1-14(5-9-2-3-15-7-9)6-10-8-16-11(4-12)13-10/h2-3,7-8H,4-6,12H2,1H3. The second-order valence-electron chi connectivity index (χ2n) is 3.74. The molecule has 2 N–H and O–H groups in total. The maximum Gasteiger partial charge on any atom is 0.106 e. The lowest BCUT2D eigenvalue weighted by Crippen LogP contribution is -2.17. The molecule has 2 rings (SSSR count). The molecule has 0 radical (unpaired) electrons. The second kappa shape index (κ2) is 5.25. The van der Waals surface area contributed by atoms with Crippen molar-refractivity contribution < 1.29 is 4.42 Å². The average molecular weight is 237 g/mol. The summed E-state index contributed by atoms with van der Waals surface area (Å²) >= 11 is 1.62. The molecule has 0 amide bonds. The highest BCUT2D eigenvalue weighted by Gasteiger charge is 2.05. The van der Waals surface area contributed by atoms with Crippen LogP contribution >= 0.6 is 11.3 Å². The minimum absolute atomic E-state index is 0.524. The van der Waals surface area contributed by atoms with Crippen LogP contribution in [0.15, 0.2) is 28.4 Å². The SMILES string of the molecule is CN(Cc1ccoc1)Cc1csc(CN)n1. The molecule has 0 aromatic carbocycles. The maximum atomic E-state index is 5.53. The summed E-state index contributed by atoms with van der Waals surface area (Å²) in [4.78, 5) is 6.62. The van der Waals surface area contributed by atoms with Crippen LogP contribution in [0.5, 0.6) is 0 Å². The Morgan fingerprint density at radius 1 is 1.50 bits per heavy atom. The first-order valence-corrected chi connectivity index (χ1v) is 5.99. The Labute approximate surface area is 98.7 Å². The van der Waals surface area contributed by atoms with E-state index >= 15 is 0 Å². The third-order valence-corrected chi connectivity index (χ3v) is 3.16. The van der Waals surface area contributed by atoms with Crippen molar-refractivity contribution in [2.75, 3.05) is 7.05 Å². The van der Waals surface area contributed by atoms with Crippen LogP contribution in [0, 0.1) is 0 Å². The van der Waals surface area contributed by atoms with Crippen molar-refractivity contribution in [2.24, 2.45) is 5.73 Å². The first-order chi connectivity index (χ1) is 7.78. The summed E-state index contributed by atoms with van der Waals surface area (Å²) < 4.78 is 5.03. The summed E-state index contributed by atoms with van der Waals surface area (Å²) in [6.07, 6.45) is 3.46. The number of thiazole rings is 1. The lowest BCUT2D eigenvalue weighted by atomic mass is 10.3. The van der Waals surface area contributed by atoms with Gasteiger partial charge in [0.25, 0.3) is 0 Å². The number of aromatic nitrogens is 1. The van der Waals surface area contributed by atoms with Crippen molar-refractivity contribution in [3.63, 3.8) is 0 Å². The summed E-state index contributed by atoms with van der Waals surface area (Å²) in [6, 6.07) is 1.98. The average Bonchev–Trinajstić information content (AvgIpc) is 2.89. The molecule has 0 bridgehead atoms. The molecule has 2 aromatic heterocycles. The minimum Gasteiger partial charge on any atom is -0.472 e. The van der Waals surface area contributed by atoms with Crippen LogP contribution in [0.4, 0.5) is 0 Å². The lowest BCUT2D eigenvalue weighted by molar-refractivity contribution is 0.314. The van der Waals surface area contributed by atoms with Gasteiger partial charge < -0.3 is 10.2 Å². The van der Waals surface area contributed by atoms with Gasteiger partial charge in [-0.15, -0.1) is 11.3 Å². The Bertz CT molecular complexity index is 424. The van der Waals surface area contributed by atoms with Gasteiger partial charge in [-0.3, -0.25) is 4.90 Å². The van der Waals surface area contributed by atoms with Crippen LogP contribution in [-0.2, 0) is 19.6 Å². The van der Waals surface area contributed by atoms with Crippen LogP contribution in [0.3, 0.4) is 0 Å². The number of hydrogen-bond acceptors (Lipinski definition) is 5. The molecule has 0 aliphatic carbocycles. The fourth-order valence-electron chi connectivity index (χ4n) is 1.54. The van der Waals surface area contributed by atoms with E-state index < -0.39 is 0 Å². The lowest BCUT2D eigenvalue weighted by Gasteiger charge is -2.13. The Balaban J connectivity index is 1.89. The molecule has 4 nitrogen and oxygen atoms in total. The highest BCUT2D eigenvalue weighted by Crippen LogP contribution is 2.12. The van der Waals surface area contributed by atoms with E-state index in [4.69, 9.17) is 10.2 Å². The quantitative estimate of drug-likeness (QED) is 0.862. The zero-order valence-electron chi connectivity index (χ0n) is 9.22. The predicted molar refractivity (Wildman–Crippen MR) is 63.9 cm³/mol. The highest BCUT2D eigenvalue weighted by atomic mass is 32.1. The van der Waals surface area contributed by atoms with E-state index in [-0.39, 0.29) is 0 Å². The van der Waals surface area contributed by atoms with E-state index in [2.05, 4.69) is 22.3 Å². The van der Waals surface area contributed by atoms with Gasteiger partial charge in [0.15, 0.2) is 0 Å². The van der Waals surface area contributed by atoms with Gasteiger partial charge >= 0.3 is 0 Å². The Kier molecular flexibility index (Phi) is 3.71. The van der Waals surface area contributed by atoms with Crippen LogP contribution in [-0.4, -0.2) is 16.9 Å². The van der Waals surface area contributed by atoms with Crippen LogP contribution < -0.4 is 5.73 Å². The number of hydrogen-bond donors (Lipinski definition) is 1. The summed E-state index contributed by atoms with van der Waals surface area (Å²) in [6.45, 7) is 2.23. The van der Waals surface area contributed by atoms with E-state index in [1.165, 1.54) is 5.56 Å². The molecular formula is C11H15N3OS. The zero-order valence-corrected chi connectivity index (χ0v) is 10.0. The molecule has 0 aliphatic rings. The normalized spacial score (nSPS) is 11.2. The molecule has 0 fully saturated rings. The van der Waals surface area contributed by atoms with E-state index in [9.17, 15) is 0 Å². The molecule has 0 unspecified atom stereocenters. The molecule has 5 heteroatoms. The fraction of sp³-hybridized carbons (Fsp3) is 0.364. The van der Waals surface area contributed by atoms with Gasteiger partial charge in [0.05, 0.1) is 18.2 Å². The first-order valence-electron chi connectivity index (χ1n) is 5.11. The second-order valence-corrected chi connectivity index (χ2v) is 4.68. The number of furan rings is 1. The molecule has 0 spiro atoms. The molecule has 0 saturated heterocycles. The predicted octanol–water partition coefficient (Wildman–Crippen LogP) is 1.83. The zero-order chi connectivity index (χ0) is 11.4. The Morgan fingerprint density at radius 2 is 2.38 bits per heavy atom. The Morgan fingerprint density at radius 3 is 3.00 bits per heavy atom. The molecule has 16 heavy (non-hydrogen) atoms. The van der Waals surface area contributed by atoms with Gasteiger partial charge in [0.1, 0.15) is 5.01 Å². The van der Waals surface area contributed by atoms with E-state index in [0.29, 0.717) is 6.54 Å². The van der Waals surface area contributed by atoms with Crippen LogP contribution in [0.25, 0.3) is 0 Å². The fourth-order valence-corrected chi connectivity index (χ4v) is 2.21. The Hall–Kier alpha value is -1.17. The van der Waals surface area contributed by atoms with Crippen molar-refractivity contribution in [3.8, 4) is 0 Å². The summed E-state index contributed by atoms with van der Waals surface area (Å²) in [5.41, 5.74) is 7.78. The monoisotopic (exact) mass is 237 g/mol. The van der Waals surface area contributed by atoms with Crippen LogP contribution in [0.1, 0.15) is 16.3 Å². The van der Waals surface area contributed by atoms with Crippen LogP contribution in [0.2, 0.25) is 0 Å². The van der Waals surface area contributed by atoms with Gasteiger partial charge in [-0.25, -0.2) is 4.98 Å². The molecule has 0 saturated carbocycles. The van der Waals surface area contributed by atoms with Crippen molar-refractivity contribution >= 4 is 11.3 Å². The van der Waals surface area contributed by atoms with E-state index in [0.717, 1.165) is 23.8 Å². The number of rotatable bonds is 5. The third-order valence-electron chi connectivity index (χ3n) is 2.24. The molecule has 0 atom stereocenters. The van der Waals surface area contributed by atoms with E-state index in [1.54, 1.807) is 23.9 Å². The van der Waals surface area contributed by atoms with Gasteiger partial charge in [0.2, 0.25) is 0 Å². The smallest absolute Gasteiger partial charge is 0.106 e. The molecule has 2 aromatic rings. The number of nitrogens with zero attached hydrogens (tertiary/aromatic N) is 2. The van der Waals surface area contributed by atoms with E-state index in [1.807, 2.05) is 6.07 Å². The van der Waals surface area contributed by atoms with Gasteiger partial charge in [-0.05, 0) is 13.1 Å². The number of nitrogens with two attached hydrogens (primary N) is 1. The van der Waals surface area contributed by atoms with Crippen molar-refractivity contribution in [3.05, 3.63) is 40.2 Å². The van der Waals surface area contributed by atoms with Crippen molar-refractivity contribution in [2.45, 2.75) is 19.6 Å². The largest absolute Gasteiger partial charge is 0.472 e. The minimum atomic E-state index is 0.524. The topological polar surface area (TPSA) is 55.3 Å². The summed E-state index contributed by atoms with van der Waals surface area (Å²) in [5.74, 6) is 0. The maximum absolute atomic E-state index is 5.53. The first kappa shape index (κ1) is 11.3. The summed E-state index contributed by atoms with van der Waals surface area (Å²) in [5, 5.41) is 3.06. The van der Waals surface area contributed by atoms with Gasteiger partial charge in [0, 0.05) is 30.6 Å².